The van der Waals surface area contributed by atoms with Crippen molar-refractivity contribution in [1.29, 1.82) is 0 Å². The minimum Gasteiger partial charge on any atom is -0.143 e. The third kappa shape index (κ3) is 2.77. The summed E-state index contributed by atoms with van der Waals surface area (Å²) >= 11 is 3.68. The molecule has 0 saturated heterocycles. The van der Waals surface area contributed by atoms with Crippen LogP contribution in [0.1, 0.15) is 0 Å². The Bertz CT molecular complexity index is 323. The molecule has 0 unspecified atom stereocenters. The third-order valence-corrected chi connectivity index (χ3v) is 2.74. The molecular formula is C6H5F5S2. The van der Waals surface area contributed by atoms with Crippen LogP contribution in [0.5, 0.6) is 0 Å². The van der Waals surface area contributed by atoms with Gasteiger partial charge in [-0.15, -0.1) is 12.6 Å². The maximum Gasteiger partial charge on any atom is 0.310 e. The Morgan fingerprint density at radius 3 is 1.54 bits per heavy atom. The van der Waals surface area contributed by atoms with Crippen molar-refractivity contribution in [3.63, 3.8) is 0 Å². The summed E-state index contributed by atoms with van der Waals surface area (Å²) in [5, 5.41) is 0. The Morgan fingerprint density at radius 2 is 1.23 bits per heavy atom. The van der Waals surface area contributed by atoms with Crippen molar-refractivity contribution in [2.75, 3.05) is 0 Å². The molecule has 0 spiro atoms. The molecule has 0 radical (unpaired) electrons. The summed E-state index contributed by atoms with van der Waals surface area (Å²) in [5.74, 6) is 0. The normalized spacial score (nSPS) is 17.7. The smallest absolute Gasteiger partial charge is 0.143 e. The predicted molar refractivity (Wildman–Crippen MR) is 45.1 cm³/mol. The summed E-state index contributed by atoms with van der Waals surface area (Å²) in [6.07, 6.45) is 0. The number of hydrogen-bond donors (Lipinski definition) is 1. The zero-order valence-electron chi connectivity index (χ0n) is 6.05. The van der Waals surface area contributed by atoms with E-state index in [2.05, 4.69) is 12.6 Å². The summed E-state index contributed by atoms with van der Waals surface area (Å²) in [4.78, 5) is -1.69. The van der Waals surface area contributed by atoms with E-state index in [9.17, 15) is 19.4 Å². The minimum absolute atomic E-state index is 0.200. The van der Waals surface area contributed by atoms with Crippen LogP contribution in [0.2, 0.25) is 0 Å². The van der Waals surface area contributed by atoms with E-state index >= 15 is 0 Å². The van der Waals surface area contributed by atoms with Gasteiger partial charge in [-0.1, -0.05) is 19.4 Å². The van der Waals surface area contributed by atoms with E-state index in [0.29, 0.717) is 12.1 Å². The maximum atomic E-state index is 12.1. The summed E-state index contributed by atoms with van der Waals surface area (Å²) in [5.41, 5.74) is 0. The molecule has 1 aromatic rings. The van der Waals surface area contributed by atoms with Crippen LogP contribution < -0.4 is 0 Å². The average Bonchev–Trinajstić information content (AvgIpc) is 1.82. The highest BCUT2D eigenvalue weighted by Crippen LogP contribution is 3.02. The summed E-state index contributed by atoms with van der Waals surface area (Å²) in [6, 6.07) is 2.39. The highest BCUT2D eigenvalue weighted by atomic mass is 32.5. The van der Waals surface area contributed by atoms with E-state index in [1.807, 2.05) is 0 Å². The van der Waals surface area contributed by atoms with Gasteiger partial charge in [0.15, 0.2) is 0 Å². The van der Waals surface area contributed by atoms with E-state index < -0.39 is 15.1 Å². The molecule has 0 atom stereocenters. The molecule has 0 saturated carbocycles. The molecule has 0 bridgehead atoms. The fourth-order valence-corrected chi connectivity index (χ4v) is 1.50. The maximum absolute atomic E-state index is 12.1. The third-order valence-electron chi connectivity index (χ3n) is 1.28. The topological polar surface area (TPSA) is 0 Å². The predicted octanol–water partition coefficient (Wildman–Crippen LogP) is 4.63. The standard InChI is InChI=1S/C6H5F5S2/c7-13(8,9,10,11)6-3-1-5(12)2-4-6/h1-4,12H. The van der Waals surface area contributed by atoms with Gasteiger partial charge in [-0.3, -0.25) is 0 Å². The first-order valence-corrected chi connectivity index (χ1v) is 5.42. The average molecular weight is 236 g/mol. The van der Waals surface area contributed by atoms with Gasteiger partial charge in [-0.2, -0.15) is 0 Å². The van der Waals surface area contributed by atoms with Gasteiger partial charge >= 0.3 is 10.2 Å². The first kappa shape index (κ1) is 10.6. The second-order valence-corrected chi connectivity index (χ2v) is 5.39. The molecule has 1 rings (SSSR count). The number of halogens is 5. The quantitative estimate of drug-likeness (QED) is 0.533. The largest absolute Gasteiger partial charge is 0.310 e. The second kappa shape index (κ2) is 2.14. The molecule has 76 valence electrons. The van der Waals surface area contributed by atoms with Crippen LogP contribution in [-0.4, -0.2) is 0 Å². The Balaban J connectivity index is 3.34. The summed E-state index contributed by atoms with van der Waals surface area (Å²) < 4.78 is 60.3. The lowest BCUT2D eigenvalue weighted by molar-refractivity contribution is 0.364. The van der Waals surface area contributed by atoms with Crippen molar-refractivity contribution in [2.45, 2.75) is 9.79 Å². The lowest BCUT2D eigenvalue weighted by Crippen LogP contribution is -2.05. The van der Waals surface area contributed by atoms with Crippen molar-refractivity contribution in [3.05, 3.63) is 24.3 Å². The first-order valence-electron chi connectivity index (χ1n) is 3.02. The van der Waals surface area contributed by atoms with Crippen LogP contribution in [0, 0.1) is 0 Å². The van der Waals surface area contributed by atoms with Crippen molar-refractivity contribution < 1.29 is 19.4 Å². The zero-order valence-corrected chi connectivity index (χ0v) is 7.77. The fourth-order valence-electron chi connectivity index (χ4n) is 0.703. The van der Waals surface area contributed by atoms with Crippen LogP contribution in [0.25, 0.3) is 0 Å². The van der Waals surface area contributed by atoms with Crippen LogP contribution in [0.3, 0.4) is 0 Å². The van der Waals surface area contributed by atoms with Gasteiger partial charge in [0.1, 0.15) is 4.90 Å². The number of hydrogen-bond acceptors (Lipinski definition) is 1. The Morgan fingerprint density at radius 1 is 0.846 bits per heavy atom. The van der Waals surface area contributed by atoms with Gasteiger partial charge in [0, 0.05) is 4.90 Å². The van der Waals surface area contributed by atoms with Gasteiger partial charge in [0.25, 0.3) is 0 Å². The van der Waals surface area contributed by atoms with E-state index in [1.165, 1.54) is 0 Å². The number of thiol groups is 1. The van der Waals surface area contributed by atoms with Gasteiger partial charge in [0.05, 0.1) is 0 Å². The molecule has 0 aromatic heterocycles. The van der Waals surface area contributed by atoms with Gasteiger partial charge in [-0.25, -0.2) is 0 Å². The summed E-state index contributed by atoms with van der Waals surface area (Å²) in [6.45, 7) is 0. The molecule has 0 fully saturated rings. The van der Waals surface area contributed by atoms with Crippen LogP contribution in [-0.2, 0) is 0 Å². The monoisotopic (exact) mass is 236 g/mol. The molecule has 0 aliphatic heterocycles. The Labute approximate surface area is 76.9 Å². The van der Waals surface area contributed by atoms with Crippen molar-refractivity contribution >= 4 is 22.9 Å². The van der Waals surface area contributed by atoms with E-state index in [-0.39, 0.29) is 4.90 Å². The molecule has 13 heavy (non-hydrogen) atoms. The second-order valence-electron chi connectivity index (χ2n) is 2.46. The lowest BCUT2D eigenvalue weighted by Gasteiger charge is -2.40. The van der Waals surface area contributed by atoms with E-state index in [4.69, 9.17) is 0 Å². The molecule has 0 amide bonds. The van der Waals surface area contributed by atoms with Crippen LogP contribution in [0.15, 0.2) is 34.1 Å². The van der Waals surface area contributed by atoms with Crippen molar-refractivity contribution in [3.8, 4) is 0 Å². The van der Waals surface area contributed by atoms with E-state index in [0.717, 1.165) is 12.1 Å². The van der Waals surface area contributed by atoms with Gasteiger partial charge in [0.2, 0.25) is 0 Å². The molecule has 0 nitrogen and oxygen atoms in total. The molecule has 0 aliphatic rings. The zero-order chi connectivity index (χ0) is 10.4. The van der Waals surface area contributed by atoms with Gasteiger partial charge < -0.3 is 0 Å². The fraction of sp³-hybridized carbons (Fsp3) is 0. The highest BCUT2D eigenvalue weighted by molar-refractivity contribution is 8.45. The molecule has 0 aliphatic carbocycles. The molecule has 1 aromatic carbocycles. The Hall–Kier alpha value is -0.430. The van der Waals surface area contributed by atoms with Gasteiger partial charge in [-0.05, 0) is 24.3 Å². The number of rotatable bonds is 1. The highest BCUT2D eigenvalue weighted by Gasteiger charge is 2.65. The molecular weight excluding hydrogens is 231 g/mol. The number of benzene rings is 1. The molecule has 0 N–H and O–H groups in total. The van der Waals surface area contributed by atoms with Crippen molar-refractivity contribution in [1.82, 2.24) is 0 Å². The van der Waals surface area contributed by atoms with E-state index in [1.54, 1.807) is 0 Å². The summed E-state index contributed by atoms with van der Waals surface area (Å²) in [7, 11) is -9.49. The first-order chi connectivity index (χ1) is 5.49. The molecule has 7 heteroatoms. The lowest BCUT2D eigenvalue weighted by atomic mass is 10.4. The SMILES string of the molecule is FS(F)(F)(F)(F)c1ccc(S)cc1. The Kier molecular flexibility index (Phi) is 1.75. The molecule has 0 heterocycles. The minimum atomic E-state index is -9.49. The van der Waals surface area contributed by atoms with Crippen LogP contribution in [0.4, 0.5) is 19.4 Å². The van der Waals surface area contributed by atoms with Crippen LogP contribution >= 0.6 is 22.9 Å². The van der Waals surface area contributed by atoms with Crippen molar-refractivity contribution in [2.24, 2.45) is 0 Å².